The van der Waals surface area contributed by atoms with E-state index in [0.717, 1.165) is 36.5 Å². The average Bonchev–Trinajstić information content (AvgIpc) is 2.76. The Labute approximate surface area is 124 Å². The molecule has 20 heavy (non-hydrogen) atoms. The van der Waals surface area contributed by atoms with Crippen molar-refractivity contribution in [1.29, 1.82) is 0 Å². The zero-order chi connectivity index (χ0) is 14.7. The molecule has 0 aliphatic heterocycles. The summed E-state index contributed by atoms with van der Waals surface area (Å²) in [7, 11) is 1.60. The lowest BCUT2D eigenvalue weighted by molar-refractivity contribution is 0.415. The third kappa shape index (κ3) is 2.61. The van der Waals surface area contributed by atoms with Gasteiger partial charge < -0.3 is 15.0 Å². The molecule has 0 saturated heterocycles. The van der Waals surface area contributed by atoms with E-state index in [2.05, 4.69) is 23.4 Å². The molecule has 2 aromatic rings. The molecule has 0 saturated carbocycles. The average molecular weight is 294 g/mol. The molecular formula is C15H20ClN3O. The van der Waals surface area contributed by atoms with Crippen molar-refractivity contribution in [2.24, 2.45) is 0 Å². The number of methoxy groups -OCH3 is 1. The highest BCUT2D eigenvalue weighted by Crippen LogP contribution is 2.33. The first kappa shape index (κ1) is 14.7. The minimum Gasteiger partial charge on any atom is -0.495 e. The summed E-state index contributed by atoms with van der Waals surface area (Å²) in [6, 6.07) is 5.61. The van der Waals surface area contributed by atoms with Crippen molar-refractivity contribution in [3.8, 4) is 17.0 Å². The molecule has 4 nitrogen and oxygen atoms in total. The van der Waals surface area contributed by atoms with Crippen molar-refractivity contribution < 1.29 is 4.74 Å². The first-order valence-electron chi connectivity index (χ1n) is 6.81. The van der Waals surface area contributed by atoms with Gasteiger partial charge in [0, 0.05) is 18.5 Å². The van der Waals surface area contributed by atoms with Gasteiger partial charge in [-0.1, -0.05) is 25.4 Å². The normalized spacial score (nSPS) is 10.8. The molecule has 0 aliphatic carbocycles. The van der Waals surface area contributed by atoms with Gasteiger partial charge in [-0.25, -0.2) is 4.98 Å². The number of benzene rings is 1. The van der Waals surface area contributed by atoms with Crippen LogP contribution in [0.2, 0.25) is 5.02 Å². The van der Waals surface area contributed by atoms with Crippen LogP contribution in [0.5, 0.6) is 5.75 Å². The molecule has 1 aromatic carbocycles. The van der Waals surface area contributed by atoms with Crippen molar-refractivity contribution in [2.75, 3.05) is 12.8 Å². The van der Waals surface area contributed by atoms with Crippen molar-refractivity contribution in [1.82, 2.24) is 9.55 Å². The number of aryl methyl sites for hydroxylation is 1. The Balaban J connectivity index is 2.50. The van der Waals surface area contributed by atoms with Gasteiger partial charge in [0.1, 0.15) is 23.1 Å². The molecule has 0 amide bonds. The SMILES string of the molecule is CCCn1c(CC)nc(-c2ccc(OC)c(Cl)c2)c1N. The number of ether oxygens (including phenoxy) is 1. The lowest BCUT2D eigenvalue weighted by Gasteiger charge is -2.07. The minimum absolute atomic E-state index is 0.562. The largest absolute Gasteiger partial charge is 0.495 e. The van der Waals surface area contributed by atoms with Crippen LogP contribution in [-0.2, 0) is 13.0 Å². The lowest BCUT2D eigenvalue weighted by atomic mass is 10.1. The van der Waals surface area contributed by atoms with E-state index in [-0.39, 0.29) is 0 Å². The maximum atomic E-state index is 6.24. The molecule has 0 bridgehead atoms. The second-order valence-corrected chi connectivity index (χ2v) is 5.02. The topological polar surface area (TPSA) is 53.1 Å². The third-order valence-corrected chi connectivity index (χ3v) is 3.57. The molecule has 1 heterocycles. The van der Waals surface area contributed by atoms with Gasteiger partial charge in [-0.2, -0.15) is 0 Å². The Kier molecular flexibility index (Phi) is 4.55. The van der Waals surface area contributed by atoms with Gasteiger partial charge in [-0.05, 0) is 24.6 Å². The van der Waals surface area contributed by atoms with Gasteiger partial charge in [0.05, 0.1) is 12.1 Å². The van der Waals surface area contributed by atoms with Crippen LogP contribution in [0.15, 0.2) is 18.2 Å². The fraction of sp³-hybridized carbons (Fsp3) is 0.400. The molecule has 1 aromatic heterocycles. The molecule has 0 aliphatic rings. The quantitative estimate of drug-likeness (QED) is 0.913. The number of hydrogen-bond acceptors (Lipinski definition) is 3. The van der Waals surface area contributed by atoms with Crippen LogP contribution in [0.3, 0.4) is 0 Å². The maximum Gasteiger partial charge on any atom is 0.137 e. The fourth-order valence-corrected chi connectivity index (χ4v) is 2.54. The number of anilines is 1. The van der Waals surface area contributed by atoms with Gasteiger partial charge in [0.15, 0.2) is 0 Å². The Hall–Kier alpha value is -1.68. The number of nitrogen functional groups attached to an aromatic ring is 1. The highest BCUT2D eigenvalue weighted by Gasteiger charge is 2.15. The molecule has 0 unspecified atom stereocenters. The van der Waals surface area contributed by atoms with E-state index >= 15 is 0 Å². The fourth-order valence-electron chi connectivity index (χ4n) is 2.28. The number of rotatable bonds is 5. The van der Waals surface area contributed by atoms with Crippen molar-refractivity contribution in [2.45, 2.75) is 33.2 Å². The van der Waals surface area contributed by atoms with Gasteiger partial charge in [-0.15, -0.1) is 0 Å². The maximum absolute atomic E-state index is 6.24. The van der Waals surface area contributed by atoms with Crippen LogP contribution in [0.1, 0.15) is 26.1 Å². The predicted molar refractivity (Wildman–Crippen MR) is 83.3 cm³/mol. The predicted octanol–water partition coefficient (Wildman–Crippen LogP) is 3.77. The number of halogens is 1. The van der Waals surface area contributed by atoms with E-state index in [1.807, 2.05) is 18.2 Å². The van der Waals surface area contributed by atoms with E-state index in [0.29, 0.717) is 16.6 Å². The molecule has 0 radical (unpaired) electrons. The minimum atomic E-state index is 0.562. The number of aromatic nitrogens is 2. The molecule has 2 rings (SSSR count). The van der Waals surface area contributed by atoms with Gasteiger partial charge in [0.25, 0.3) is 0 Å². The van der Waals surface area contributed by atoms with Crippen LogP contribution in [0, 0.1) is 0 Å². The lowest BCUT2D eigenvalue weighted by Crippen LogP contribution is -2.06. The van der Waals surface area contributed by atoms with Crippen LogP contribution >= 0.6 is 11.6 Å². The van der Waals surface area contributed by atoms with E-state index in [4.69, 9.17) is 22.1 Å². The number of nitrogens with zero attached hydrogens (tertiary/aromatic N) is 2. The molecule has 108 valence electrons. The number of hydrogen-bond donors (Lipinski definition) is 1. The summed E-state index contributed by atoms with van der Waals surface area (Å²) in [5.74, 6) is 2.36. The summed E-state index contributed by atoms with van der Waals surface area (Å²) in [5, 5.41) is 0.562. The first-order valence-corrected chi connectivity index (χ1v) is 7.18. The number of nitrogens with two attached hydrogens (primary N) is 1. The molecule has 5 heteroatoms. The number of imidazole rings is 1. The highest BCUT2D eigenvalue weighted by molar-refractivity contribution is 6.32. The van der Waals surface area contributed by atoms with E-state index in [9.17, 15) is 0 Å². The summed E-state index contributed by atoms with van der Waals surface area (Å²) in [6.07, 6.45) is 1.88. The van der Waals surface area contributed by atoms with Crippen molar-refractivity contribution >= 4 is 17.4 Å². The van der Waals surface area contributed by atoms with Gasteiger partial charge in [-0.3, -0.25) is 0 Å². The Morgan fingerprint density at radius 1 is 1.35 bits per heavy atom. The van der Waals surface area contributed by atoms with E-state index in [1.165, 1.54) is 0 Å². The summed E-state index contributed by atoms with van der Waals surface area (Å²) < 4.78 is 7.24. The molecular weight excluding hydrogens is 274 g/mol. The smallest absolute Gasteiger partial charge is 0.137 e. The highest BCUT2D eigenvalue weighted by atomic mass is 35.5. The zero-order valence-corrected chi connectivity index (χ0v) is 12.9. The van der Waals surface area contributed by atoms with Crippen molar-refractivity contribution in [3.05, 3.63) is 29.0 Å². The van der Waals surface area contributed by atoms with Crippen LogP contribution < -0.4 is 10.5 Å². The Morgan fingerprint density at radius 2 is 2.10 bits per heavy atom. The summed E-state index contributed by atoms with van der Waals surface area (Å²) in [4.78, 5) is 4.65. The Bertz CT molecular complexity index is 607. The second kappa shape index (κ2) is 6.18. The van der Waals surface area contributed by atoms with Gasteiger partial charge >= 0.3 is 0 Å². The standard InChI is InChI=1S/C15H20ClN3O/c1-4-8-19-13(5-2)18-14(15(19)17)10-6-7-12(20-3)11(16)9-10/h6-7,9H,4-5,8,17H2,1-3H3. The molecule has 0 atom stereocenters. The third-order valence-electron chi connectivity index (χ3n) is 3.27. The van der Waals surface area contributed by atoms with Gasteiger partial charge in [0.2, 0.25) is 0 Å². The summed E-state index contributed by atoms with van der Waals surface area (Å²) >= 11 is 6.17. The molecule has 0 spiro atoms. The zero-order valence-electron chi connectivity index (χ0n) is 12.1. The van der Waals surface area contributed by atoms with E-state index < -0.39 is 0 Å². The molecule has 2 N–H and O–H groups in total. The van der Waals surface area contributed by atoms with Crippen molar-refractivity contribution in [3.63, 3.8) is 0 Å². The van der Waals surface area contributed by atoms with E-state index in [1.54, 1.807) is 7.11 Å². The van der Waals surface area contributed by atoms with Crippen LogP contribution in [0.25, 0.3) is 11.3 Å². The second-order valence-electron chi connectivity index (χ2n) is 4.62. The first-order chi connectivity index (χ1) is 9.62. The summed E-state index contributed by atoms with van der Waals surface area (Å²) in [6.45, 7) is 5.09. The van der Waals surface area contributed by atoms with Crippen LogP contribution in [-0.4, -0.2) is 16.7 Å². The Morgan fingerprint density at radius 3 is 2.65 bits per heavy atom. The molecule has 0 fully saturated rings. The van der Waals surface area contributed by atoms with Crippen LogP contribution in [0.4, 0.5) is 5.82 Å². The summed E-state index contributed by atoms with van der Waals surface area (Å²) in [5.41, 5.74) is 7.95. The monoisotopic (exact) mass is 293 g/mol.